The second kappa shape index (κ2) is 4.63. The largest absolute Gasteiger partial charge is 0.375 e. The Morgan fingerprint density at radius 3 is 3.11 bits per heavy atom. The number of hydrogen-bond donors (Lipinski definition) is 3. The van der Waals surface area contributed by atoms with Crippen LogP contribution < -0.4 is 16.2 Å². The lowest BCUT2D eigenvalue weighted by Crippen LogP contribution is -2.48. The second-order valence-corrected chi connectivity index (χ2v) is 4.79. The summed E-state index contributed by atoms with van der Waals surface area (Å²) in [4.78, 5) is 10.9. The summed E-state index contributed by atoms with van der Waals surface area (Å²) in [5.74, 6) is 6.62. The molecule has 19 heavy (non-hydrogen) atoms. The van der Waals surface area contributed by atoms with Gasteiger partial charge < -0.3 is 9.64 Å². The van der Waals surface area contributed by atoms with Crippen molar-refractivity contribution in [1.82, 2.24) is 20.2 Å². The lowest BCUT2D eigenvalue weighted by Gasteiger charge is -2.37. The van der Waals surface area contributed by atoms with Crippen LogP contribution in [-0.4, -0.2) is 45.5 Å². The molecule has 102 valence electrons. The van der Waals surface area contributed by atoms with Crippen molar-refractivity contribution in [1.29, 1.82) is 0 Å². The van der Waals surface area contributed by atoms with Crippen molar-refractivity contribution < 1.29 is 4.74 Å². The number of hydrogen-bond acceptors (Lipinski definition) is 7. The average molecular weight is 263 g/mol. The Labute approximate surface area is 110 Å². The number of rotatable bonds is 2. The lowest BCUT2D eigenvalue weighted by atomic mass is 10.2. The highest BCUT2D eigenvalue weighted by molar-refractivity contribution is 5.87. The maximum absolute atomic E-state index is 5.64. The van der Waals surface area contributed by atoms with Gasteiger partial charge in [-0.3, -0.25) is 10.5 Å². The number of morpholine rings is 1. The zero-order chi connectivity index (χ0) is 13.4. The number of H-pyrrole nitrogens is 1. The van der Waals surface area contributed by atoms with Gasteiger partial charge in [0.05, 0.1) is 30.3 Å². The summed E-state index contributed by atoms with van der Waals surface area (Å²) in [6.45, 7) is 5.61. The van der Waals surface area contributed by atoms with Crippen molar-refractivity contribution in [2.75, 3.05) is 23.5 Å². The van der Waals surface area contributed by atoms with Crippen molar-refractivity contribution in [2.24, 2.45) is 5.84 Å². The minimum Gasteiger partial charge on any atom is -0.375 e. The molecule has 0 radical (unpaired) electrons. The van der Waals surface area contributed by atoms with Gasteiger partial charge >= 0.3 is 0 Å². The molecule has 2 atom stereocenters. The van der Waals surface area contributed by atoms with Gasteiger partial charge in [0.1, 0.15) is 5.82 Å². The molecule has 2 unspecified atom stereocenters. The Morgan fingerprint density at radius 2 is 2.32 bits per heavy atom. The first kappa shape index (κ1) is 12.1. The van der Waals surface area contributed by atoms with Crippen molar-refractivity contribution >= 4 is 22.8 Å². The second-order valence-electron chi connectivity index (χ2n) is 4.79. The van der Waals surface area contributed by atoms with Gasteiger partial charge in [-0.2, -0.15) is 15.1 Å². The number of nitrogen functional groups attached to an aromatic ring is 1. The number of ether oxygens (including phenoxy) is 1. The van der Waals surface area contributed by atoms with Crippen LogP contribution in [-0.2, 0) is 4.74 Å². The molecule has 8 heteroatoms. The molecule has 0 bridgehead atoms. The summed E-state index contributed by atoms with van der Waals surface area (Å²) < 4.78 is 5.64. The van der Waals surface area contributed by atoms with Crippen molar-refractivity contribution in [3.63, 3.8) is 0 Å². The summed E-state index contributed by atoms with van der Waals surface area (Å²) in [5, 5.41) is 7.76. The molecule has 4 N–H and O–H groups in total. The minimum atomic E-state index is 0.169. The monoisotopic (exact) mass is 263 g/mol. The summed E-state index contributed by atoms with van der Waals surface area (Å²) in [6, 6.07) is 0.245. The van der Waals surface area contributed by atoms with Crippen molar-refractivity contribution in [3.05, 3.63) is 6.20 Å². The highest BCUT2D eigenvalue weighted by Gasteiger charge is 2.27. The summed E-state index contributed by atoms with van der Waals surface area (Å²) in [7, 11) is 0. The summed E-state index contributed by atoms with van der Waals surface area (Å²) >= 11 is 0. The van der Waals surface area contributed by atoms with E-state index in [2.05, 4.69) is 44.3 Å². The molecular weight excluding hydrogens is 246 g/mol. The van der Waals surface area contributed by atoms with Crippen LogP contribution in [0.3, 0.4) is 0 Å². The highest BCUT2D eigenvalue weighted by atomic mass is 16.5. The molecule has 1 fully saturated rings. The van der Waals surface area contributed by atoms with Gasteiger partial charge in [-0.25, -0.2) is 5.84 Å². The molecule has 0 amide bonds. The molecule has 2 aromatic heterocycles. The van der Waals surface area contributed by atoms with E-state index >= 15 is 0 Å². The minimum absolute atomic E-state index is 0.169. The first-order valence-corrected chi connectivity index (χ1v) is 6.25. The van der Waals surface area contributed by atoms with Crippen LogP contribution >= 0.6 is 0 Å². The van der Waals surface area contributed by atoms with Gasteiger partial charge in [-0.1, -0.05) is 0 Å². The number of nitrogens with zero attached hydrogens (tertiary/aromatic N) is 4. The van der Waals surface area contributed by atoms with Crippen LogP contribution in [0.15, 0.2) is 6.20 Å². The first-order chi connectivity index (χ1) is 9.19. The van der Waals surface area contributed by atoms with E-state index in [1.807, 2.05) is 0 Å². The number of anilines is 2. The molecule has 3 heterocycles. The van der Waals surface area contributed by atoms with Crippen LogP contribution in [0.1, 0.15) is 13.8 Å². The maximum atomic E-state index is 5.64. The summed E-state index contributed by atoms with van der Waals surface area (Å²) in [5.41, 5.74) is 3.16. The van der Waals surface area contributed by atoms with E-state index in [9.17, 15) is 0 Å². The molecule has 8 nitrogen and oxygen atoms in total. The molecule has 3 rings (SSSR count). The van der Waals surface area contributed by atoms with E-state index in [1.165, 1.54) is 0 Å². The fourth-order valence-electron chi connectivity index (χ4n) is 2.30. The Bertz CT molecular complexity index is 583. The number of fused-ring (bicyclic) bond motifs is 1. The Hall–Kier alpha value is -1.93. The zero-order valence-corrected chi connectivity index (χ0v) is 10.9. The smallest absolute Gasteiger partial charge is 0.241 e. The fraction of sp³-hybridized carbons (Fsp3) is 0.545. The van der Waals surface area contributed by atoms with Crippen LogP contribution in [0, 0.1) is 0 Å². The molecule has 0 saturated carbocycles. The Morgan fingerprint density at radius 1 is 1.47 bits per heavy atom. The van der Waals surface area contributed by atoms with Crippen molar-refractivity contribution in [3.8, 4) is 0 Å². The van der Waals surface area contributed by atoms with Gasteiger partial charge in [0.15, 0.2) is 5.65 Å². The molecule has 2 aromatic rings. The van der Waals surface area contributed by atoms with Gasteiger partial charge in [0.25, 0.3) is 0 Å². The van der Waals surface area contributed by atoms with Crippen LogP contribution in [0.2, 0.25) is 0 Å². The molecule has 0 aliphatic carbocycles. The predicted molar refractivity (Wildman–Crippen MR) is 71.7 cm³/mol. The standard InChI is InChI=1S/C11H17N7O/c1-6-5-19-7(2)4-18(6)10-8-3-13-17-9(8)14-11(15-10)16-12/h3,6-7H,4-5,12H2,1-2H3,(H2,13,14,15,16,17). The SMILES string of the molecule is CC1CN(c2nc(NN)nc3[nH]ncc23)C(C)CO1. The van der Waals surface area contributed by atoms with Crippen molar-refractivity contribution in [2.45, 2.75) is 26.0 Å². The predicted octanol–water partition coefficient (Wildman–Crippen LogP) is 0.252. The molecule has 0 spiro atoms. The molecular formula is C11H17N7O. The van der Waals surface area contributed by atoms with E-state index in [0.29, 0.717) is 18.2 Å². The van der Waals surface area contributed by atoms with E-state index in [1.54, 1.807) is 6.20 Å². The molecule has 1 aliphatic rings. The quantitative estimate of drug-likeness (QED) is 0.527. The number of aromatic nitrogens is 4. The number of nitrogens with two attached hydrogens (primary N) is 1. The van der Waals surface area contributed by atoms with Crippen LogP contribution in [0.5, 0.6) is 0 Å². The van der Waals surface area contributed by atoms with Gasteiger partial charge in [-0.05, 0) is 13.8 Å². The number of aromatic amines is 1. The first-order valence-electron chi connectivity index (χ1n) is 6.25. The van der Waals surface area contributed by atoms with E-state index in [-0.39, 0.29) is 12.1 Å². The lowest BCUT2D eigenvalue weighted by molar-refractivity contribution is 0.0342. The molecule has 0 aromatic carbocycles. The van der Waals surface area contributed by atoms with E-state index in [0.717, 1.165) is 17.7 Å². The third-order valence-corrected chi connectivity index (χ3v) is 3.30. The average Bonchev–Trinajstić information content (AvgIpc) is 2.88. The zero-order valence-electron chi connectivity index (χ0n) is 10.9. The topological polar surface area (TPSA) is 105 Å². The van der Waals surface area contributed by atoms with Gasteiger partial charge in [0, 0.05) is 6.54 Å². The third-order valence-electron chi connectivity index (χ3n) is 3.30. The maximum Gasteiger partial charge on any atom is 0.241 e. The van der Waals surface area contributed by atoms with E-state index < -0.39 is 0 Å². The molecule has 1 aliphatic heterocycles. The van der Waals surface area contributed by atoms with Crippen LogP contribution in [0.25, 0.3) is 11.0 Å². The van der Waals surface area contributed by atoms with E-state index in [4.69, 9.17) is 10.6 Å². The van der Waals surface area contributed by atoms with Gasteiger partial charge in [-0.15, -0.1) is 0 Å². The van der Waals surface area contributed by atoms with Gasteiger partial charge in [0.2, 0.25) is 5.95 Å². The third kappa shape index (κ3) is 2.08. The number of nitrogens with one attached hydrogen (secondary N) is 2. The van der Waals surface area contributed by atoms with Crippen LogP contribution in [0.4, 0.5) is 11.8 Å². The summed E-state index contributed by atoms with van der Waals surface area (Å²) in [6.07, 6.45) is 1.90. The highest BCUT2D eigenvalue weighted by Crippen LogP contribution is 2.27. The normalized spacial score (nSPS) is 23.8. The Kier molecular flexibility index (Phi) is 2.96. The number of hydrazine groups is 1. The fourth-order valence-corrected chi connectivity index (χ4v) is 2.30. The Balaban J connectivity index is 2.09. The molecule has 1 saturated heterocycles.